The third-order valence-electron chi connectivity index (χ3n) is 3.38. The Bertz CT molecular complexity index is 456. The van der Waals surface area contributed by atoms with Crippen LogP contribution in [0.5, 0.6) is 5.88 Å². The van der Waals surface area contributed by atoms with E-state index >= 15 is 0 Å². The molecule has 1 aromatic rings. The Balaban J connectivity index is 1.71. The molecule has 1 saturated heterocycles. The number of piperidine rings is 1. The summed E-state index contributed by atoms with van der Waals surface area (Å²) in [5.41, 5.74) is 0. The summed E-state index contributed by atoms with van der Waals surface area (Å²) in [6.45, 7) is 5.83. The normalized spacial score (nSPS) is 16.1. The fourth-order valence-corrected chi connectivity index (χ4v) is 2.44. The molecule has 0 aliphatic carbocycles. The third-order valence-corrected chi connectivity index (χ3v) is 3.85. The van der Waals surface area contributed by atoms with Crippen molar-refractivity contribution in [3.05, 3.63) is 22.8 Å². The van der Waals surface area contributed by atoms with Crippen LogP contribution in [0, 0.1) is 5.92 Å². The molecule has 5 nitrogen and oxygen atoms in total. The lowest BCUT2D eigenvalue weighted by atomic mass is 9.98. The SMILES string of the molecule is CC(C)OC(=O)N1CCC(COc2ccc(Br)cn2)CC1. The van der Waals surface area contributed by atoms with Gasteiger partial charge in [0.05, 0.1) is 12.7 Å². The molecule has 0 spiro atoms. The quantitative estimate of drug-likeness (QED) is 0.828. The van der Waals surface area contributed by atoms with Crippen LogP contribution in [0.25, 0.3) is 0 Å². The van der Waals surface area contributed by atoms with Crippen LogP contribution < -0.4 is 4.74 Å². The molecule has 0 unspecified atom stereocenters. The Kier molecular flexibility index (Phi) is 5.85. The minimum Gasteiger partial charge on any atom is -0.477 e. The Morgan fingerprint density at radius 1 is 1.43 bits per heavy atom. The average Bonchev–Trinajstić information content (AvgIpc) is 2.46. The molecular weight excluding hydrogens is 336 g/mol. The van der Waals surface area contributed by atoms with Crippen molar-refractivity contribution in [2.45, 2.75) is 32.8 Å². The summed E-state index contributed by atoms with van der Waals surface area (Å²) in [4.78, 5) is 17.7. The molecule has 0 saturated carbocycles. The van der Waals surface area contributed by atoms with Gasteiger partial charge in [-0.2, -0.15) is 0 Å². The molecule has 0 aromatic carbocycles. The van der Waals surface area contributed by atoms with Crippen LogP contribution in [0.1, 0.15) is 26.7 Å². The van der Waals surface area contributed by atoms with E-state index in [2.05, 4.69) is 20.9 Å². The van der Waals surface area contributed by atoms with Crippen LogP contribution in [0.4, 0.5) is 4.79 Å². The number of carbonyl (C=O) groups excluding carboxylic acids is 1. The highest BCUT2D eigenvalue weighted by atomic mass is 79.9. The van der Waals surface area contributed by atoms with Crippen molar-refractivity contribution < 1.29 is 14.3 Å². The van der Waals surface area contributed by atoms with Crippen molar-refractivity contribution in [1.82, 2.24) is 9.88 Å². The van der Waals surface area contributed by atoms with E-state index in [1.807, 2.05) is 26.0 Å². The van der Waals surface area contributed by atoms with Gasteiger partial charge in [0.15, 0.2) is 0 Å². The largest absolute Gasteiger partial charge is 0.477 e. The first-order valence-corrected chi connectivity index (χ1v) is 8.04. The smallest absolute Gasteiger partial charge is 0.410 e. The van der Waals surface area contributed by atoms with Gasteiger partial charge in [0.25, 0.3) is 0 Å². The fraction of sp³-hybridized carbons (Fsp3) is 0.600. The number of amides is 1. The number of halogens is 1. The van der Waals surface area contributed by atoms with Crippen LogP contribution >= 0.6 is 15.9 Å². The summed E-state index contributed by atoms with van der Waals surface area (Å²) in [5.74, 6) is 1.10. The number of nitrogens with zero attached hydrogens (tertiary/aromatic N) is 2. The van der Waals surface area contributed by atoms with Gasteiger partial charge in [-0.15, -0.1) is 0 Å². The standard InChI is InChI=1S/C15H21BrN2O3/c1-11(2)21-15(19)18-7-5-12(6-8-18)10-20-14-4-3-13(16)9-17-14/h3-4,9,11-12H,5-8,10H2,1-2H3. The summed E-state index contributed by atoms with van der Waals surface area (Å²) in [6.07, 6.45) is 3.31. The molecule has 1 fully saturated rings. The molecule has 0 atom stereocenters. The number of hydrogen-bond acceptors (Lipinski definition) is 4. The van der Waals surface area contributed by atoms with Gasteiger partial charge in [0.1, 0.15) is 0 Å². The summed E-state index contributed by atoms with van der Waals surface area (Å²) in [5, 5.41) is 0. The van der Waals surface area contributed by atoms with Crippen molar-refractivity contribution in [1.29, 1.82) is 0 Å². The highest BCUT2D eigenvalue weighted by Crippen LogP contribution is 2.20. The van der Waals surface area contributed by atoms with Gasteiger partial charge in [-0.05, 0) is 54.6 Å². The maximum Gasteiger partial charge on any atom is 0.410 e. The van der Waals surface area contributed by atoms with Crippen LogP contribution in [-0.4, -0.2) is 41.8 Å². The van der Waals surface area contributed by atoms with Crippen LogP contribution in [0.3, 0.4) is 0 Å². The zero-order valence-electron chi connectivity index (χ0n) is 12.4. The van der Waals surface area contributed by atoms with E-state index in [0.717, 1.165) is 30.4 Å². The molecule has 2 rings (SSSR count). The number of hydrogen-bond donors (Lipinski definition) is 0. The second kappa shape index (κ2) is 7.64. The van der Waals surface area contributed by atoms with E-state index in [0.29, 0.717) is 18.4 Å². The number of likely N-dealkylation sites (tertiary alicyclic amines) is 1. The Labute approximate surface area is 133 Å². The molecule has 0 N–H and O–H groups in total. The monoisotopic (exact) mass is 356 g/mol. The molecule has 0 radical (unpaired) electrons. The number of pyridine rings is 1. The van der Waals surface area contributed by atoms with E-state index in [9.17, 15) is 4.79 Å². The van der Waals surface area contributed by atoms with Gasteiger partial charge in [0, 0.05) is 29.8 Å². The maximum absolute atomic E-state index is 11.8. The maximum atomic E-state index is 11.8. The zero-order chi connectivity index (χ0) is 15.2. The number of aromatic nitrogens is 1. The molecule has 0 bridgehead atoms. The second-order valence-corrected chi connectivity index (χ2v) is 6.40. The Morgan fingerprint density at radius 3 is 2.71 bits per heavy atom. The lowest BCUT2D eigenvalue weighted by Gasteiger charge is -2.31. The van der Waals surface area contributed by atoms with E-state index < -0.39 is 0 Å². The van der Waals surface area contributed by atoms with Crippen molar-refractivity contribution >= 4 is 22.0 Å². The molecule has 1 amide bonds. The lowest BCUT2D eigenvalue weighted by molar-refractivity contribution is 0.0606. The summed E-state index contributed by atoms with van der Waals surface area (Å²) >= 11 is 3.34. The van der Waals surface area contributed by atoms with Crippen LogP contribution in [-0.2, 0) is 4.74 Å². The number of carbonyl (C=O) groups is 1. The summed E-state index contributed by atoms with van der Waals surface area (Å²) < 4.78 is 11.8. The highest BCUT2D eigenvalue weighted by Gasteiger charge is 2.24. The lowest BCUT2D eigenvalue weighted by Crippen LogP contribution is -2.40. The van der Waals surface area contributed by atoms with E-state index in [1.54, 1.807) is 11.1 Å². The first-order valence-electron chi connectivity index (χ1n) is 7.24. The minimum absolute atomic E-state index is 0.0676. The number of ether oxygens (including phenoxy) is 2. The molecule has 6 heteroatoms. The molecule has 1 aliphatic rings. The van der Waals surface area contributed by atoms with Crippen molar-refractivity contribution in [3.63, 3.8) is 0 Å². The van der Waals surface area contributed by atoms with Crippen molar-refractivity contribution in [2.75, 3.05) is 19.7 Å². The Hall–Kier alpha value is -1.30. The first kappa shape index (κ1) is 16.1. The van der Waals surface area contributed by atoms with E-state index in [-0.39, 0.29) is 12.2 Å². The predicted octanol–water partition coefficient (Wildman–Crippen LogP) is 3.48. The molecule has 116 valence electrons. The average molecular weight is 357 g/mol. The van der Waals surface area contributed by atoms with Gasteiger partial charge >= 0.3 is 6.09 Å². The number of rotatable bonds is 4. The van der Waals surface area contributed by atoms with Crippen LogP contribution in [0.15, 0.2) is 22.8 Å². The highest BCUT2D eigenvalue weighted by molar-refractivity contribution is 9.10. The van der Waals surface area contributed by atoms with Gasteiger partial charge in [0.2, 0.25) is 5.88 Å². The third kappa shape index (κ3) is 5.19. The van der Waals surface area contributed by atoms with Gasteiger partial charge in [-0.25, -0.2) is 9.78 Å². The predicted molar refractivity (Wildman–Crippen MR) is 83.3 cm³/mol. The van der Waals surface area contributed by atoms with E-state index in [1.165, 1.54) is 0 Å². The second-order valence-electron chi connectivity index (χ2n) is 5.49. The zero-order valence-corrected chi connectivity index (χ0v) is 14.0. The molecular formula is C15H21BrN2O3. The van der Waals surface area contributed by atoms with E-state index in [4.69, 9.17) is 9.47 Å². The van der Waals surface area contributed by atoms with Gasteiger partial charge in [-0.3, -0.25) is 0 Å². The summed E-state index contributed by atoms with van der Waals surface area (Å²) in [7, 11) is 0. The molecule has 1 aliphatic heterocycles. The molecule has 21 heavy (non-hydrogen) atoms. The van der Waals surface area contributed by atoms with Crippen molar-refractivity contribution in [2.24, 2.45) is 5.92 Å². The van der Waals surface area contributed by atoms with Gasteiger partial charge in [-0.1, -0.05) is 0 Å². The Morgan fingerprint density at radius 2 is 2.14 bits per heavy atom. The first-order chi connectivity index (χ1) is 10.0. The minimum atomic E-state index is -0.209. The summed E-state index contributed by atoms with van der Waals surface area (Å²) in [6, 6.07) is 3.76. The topological polar surface area (TPSA) is 51.7 Å². The molecule has 2 heterocycles. The fourth-order valence-electron chi connectivity index (χ4n) is 2.21. The van der Waals surface area contributed by atoms with Crippen molar-refractivity contribution in [3.8, 4) is 5.88 Å². The molecule has 1 aromatic heterocycles. The van der Waals surface area contributed by atoms with Gasteiger partial charge < -0.3 is 14.4 Å². The van der Waals surface area contributed by atoms with Crippen LogP contribution in [0.2, 0.25) is 0 Å².